The molecule has 0 spiro atoms. The molecule has 306 valence electrons. The van der Waals surface area contributed by atoms with E-state index in [4.69, 9.17) is 0 Å². The standard InChI is InChI=1S/C64H45N/c1-64(54-20-3-2-4-21-54)58-25-12-9-24-57(58)63-59(64)26-15-29-62(63)65(60-27-13-10-22-55(60)48-36-30-46(31-37-48)52-40-34-44-16-5-7-18-50(44)42-52)61-28-14-11-23-56(61)49-38-32-47(33-39-49)53-41-35-45-17-6-8-19-51(45)43-53/h2-43H,1H3. The van der Waals surface area contributed by atoms with Crippen molar-refractivity contribution in [2.24, 2.45) is 0 Å². The summed E-state index contributed by atoms with van der Waals surface area (Å²) in [4.78, 5) is 2.53. The van der Waals surface area contributed by atoms with Crippen LogP contribution in [0, 0.1) is 0 Å². The van der Waals surface area contributed by atoms with E-state index in [-0.39, 0.29) is 5.41 Å². The van der Waals surface area contributed by atoms with Gasteiger partial charge in [-0.3, -0.25) is 0 Å². The predicted octanol–water partition coefficient (Wildman–Crippen LogP) is 17.5. The molecular weight excluding hydrogens is 783 g/mol. The molecule has 0 saturated heterocycles. The Kier molecular flexibility index (Phi) is 9.35. The molecule has 12 rings (SSSR count). The molecule has 1 heteroatoms. The molecule has 1 nitrogen and oxygen atoms in total. The lowest BCUT2D eigenvalue weighted by atomic mass is 9.74. The quantitative estimate of drug-likeness (QED) is 0.147. The van der Waals surface area contributed by atoms with Crippen LogP contribution in [0.15, 0.2) is 255 Å². The molecule has 65 heavy (non-hydrogen) atoms. The van der Waals surface area contributed by atoms with Gasteiger partial charge in [0.2, 0.25) is 0 Å². The second kappa shape index (κ2) is 15.8. The molecular formula is C64H45N. The summed E-state index contributed by atoms with van der Waals surface area (Å²) in [7, 11) is 0. The smallest absolute Gasteiger partial charge is 0.0543 e. The zero-order chi connectivity index (χ0) is 43.3. The summed E-state index contributed by atoms with van der Waals surface area (Å²) in [5.41, 5.74) is 19.0. The maximum absolute atomic E-state index is 2.53. The van der Waals surface area contributed by atoms with Gasteiger partial charge in [-0.1, -0.05) is 224 Å². The molecule has 0 N–H and O–H groups in total. The van der Waals surface area contributed by atoms with E-state index in [2.05, 4.69) is 267 Å². The minimum atomic E-state index is -0.342. The first-order valence-electron chi connectivity index (χ1n) is 22.6. The number of hydrogen-bond donors (Lipinski definition) is 0. The van der Waals surface area contributed by atoms with Crippen LogP contribution >= 0.6 is 0 Å². The number of para-hydroxylation sites is 2. The van der Waals surface area contributed by atoms with E-state index in [0.717, 1.165) is 39.3 Å². The number of hydrogen-bond acceptors (Lipinski definition) is 1. The molecule has 11 aromatic carbocycles. The summed E-state index contributed by atoms with van der Waals surface area (Å²) in [6, 6.07) is 93.7. The number of anilines is 3. The molecule has 1 unspecified atom stereocenters. The van der Waals surface area contributed by atoms with Gasteiger partial charge in [-0.25, -0.2) is 0 Å². The third-order valence-electron chi connectivity index (χ3n) is 13.8. The third-order valence-corrected chi connectivity index (χ3v) is 13.8. The van der Waals surface area contributed by atoms with E-state index < -0.39 is 0 Å². The Bertz CT molecular complexity index is 3380. The lowest BCUT2D eigenvalue weighted by Crippen LogP contribution is -2.22. The second-order valence-corrected chi connectivity index (χ2v) is 17.4. The van der Waals surface area contributed by atoms with Gasteiger partial charge in [-0.15, -0.1) is 0 Å². The Morgan fingerprint density at radius 1 is 0.277 bits per heavy atom. The zero-order valence-electron chi connectivity index (χ0n) is 36.2. The van der Waals surface area contributed by atoms with Crippen LogP contribution in [-0.4, -0.2) is 0 Å². The topological polar surface area (TPSA) is 3.24 Å². The lowest BCUT2D eigenvalue weighted by Gasteiger charge is -2.32. The van der Waals surface area contributed by atoms with Crippen LogP contribution in [0.3, 0.4) is 0 Å². The molecule has 0 radical (unpaired) electrons. The van der Waals surface area contributed by atoms with E-state index in [1.165, 1.54) is 71.6 Å². The first-order valence-corrected chi connectivity index (χ1v) is 22.6. The Labute approximate surface area is 381 Å². The third kappa shape index (κ3) is 6.55. The highest BCUT2D eigenvalue weighted by Gasteiger charge is 2.42. The van der Waals surface area contributed by atoms with Gasteiger partial charge in [0.15, 0.2) is 0 Å². The number of rotatable bonds is 8. The average molecular weight is 828 g/mol. The lowest BCUT2D eigenvalue weighted by molar-refractivity contribution is 0.714. The van der Waals surface area contributed by atoms with E-state index in [0.29, 0.717) is 0 Å². The van der Waals surface area contributed by atoms with E-state index in [1.807, 2.05) is 0 Å². The molecule has 0 bridgehead atoms. The van der Waals surface area contributed by atoms with Crippen LogP contribution in [0.5, 0.6) is 0 Å². The first kappa shape index (κ1) is 38.4. The Morgan fingerprint density at radius 2 is 0.677 bits per heavy atom. The van der Waals surface area contributed by atoms with Crippen molar-refractivity contribution in [3.8, 4) is 55.6 Å². The van der Waals surface area contributed by atoms with Crippen LogP contribution in [0.1, 0.15) is 23.6 Å². The Morgan fingerprint density at radius 3 is 1.23 bits per heavy atom. The van der Waals surface area contributed by atoms with Gasteiger partial charge in [-0.05, 0) is 114 Å². The summed E-state index contributed by atoms with van der Waals surface area (Å²) in [6.45, 7) is 2.40. The van der Waals surface area contributed by atoms with Crippen molar-refractivity contribution in [3.05, 3.63) is 271 Å². The minimum absolute atomic E-state index is 0.342. The highest BCUT2D eigenvalue weighted by molar-refractivity contribution is 6.01. The van der Waals surface area contributed by atoms with Crippen LogP contribution in [0.2, 0.25) is 0 Å². The number of nitrogens with zero attached hydrogens (tertiary/aromatic N) is 1. The predicted molar refractivity (Wildman–Crippen MR) is 275 cm³/mol. The van der Waals surface area contributed by atoms with Gasteiger partial charge >= 0.3 is 0 Å². The minimum Gasteiger partial charge on any atom is -0.309 e. The molecule has 1 atom stereocenters. The average Bonchev–Trinajstić information content (AvgIpc) is 3.65. The molecule has 11 aromatic rings. The molecule has 0 aliphatic heterocycles. The fourth-order valence-electron chi connectivity index (χ4n) is 10.4. The number of benzene rings is 11. The van der Waals surface area contributed by atoms with Gasteiger partial charge in [0.05, 0.1) is 17.1 Å². The van der Waals surface area contributed by atoms with E-state index in [9.17, 15) is 0 Å². The van der Waals surface area contributed by atoms with Crippen LogP contribution < -0.4 is 4.90 Å². The van der Waals surface area contributed by atoms with Gasteiger partial charge in [0, 0.05) is 22.1 Å². The molecule has 0 heterocycles. The largest absolute Gasteiger partial charge is 0.309 e. The first-order chi connectivity index (χ1) is 32.1. The van der Waals surface area contributed by atoms with Crippen molar-refractivity contribution in [1.82, 2.24) is 0 Å². The van der Waals surface area contributed by atoms with Crippen molar-refractivity contribution < 1.29 is 0 Å². The second-order valence-electron chi connectivity index (χ2n) is 17.4. The van der Waals surface area contributed by atoms with Crippen LogP contribution in [0.4, 0.5) is 17.1 Å². The molecule has 1 aliphatic carbocycles. The van der Waals surface area contributed by atoms with Crippen molar-refractivity contribution in [1.29, 1.82) is 0 Å². The highest BCUT2D eigenvalue weighted by atomic mass is 15.2. The fraction of sp³-hybridized carbons (Fsp3) is 0.0312. The summed E-state index contributed by atoms with van der Waals surface area (Å²) >= 11 is 0. The zero-order valence-corrected chi connectivity index (χ0v) is 36.2. The van der Waals surface area contributed by atoms with Crippen molar-refractivity contribution in [2.45, 2.75) is 12.3 Å². The van der Waals surface area contributed by atoms with Crippen LogP contribution in [-0.2, 0) is 5.41 Å². The Balaban J connectivity index is 1.04. The molecule has 0 amide bonds. The fourth-order valence-corrected chi connectivity index (χ4v) is 10.4. The normalized spacial score (nSPS) is 14.0. The van der Waals surface area contributed by atoms with Gasteiger partial charge in [0.25, 0.3) is 0 Å². The number of fused-ring (bicyclic) bond motifs is 5. The summed E-state index contributed by atoms with van der Waals surface area (Å²) in [5, 5.41) is 5.00. The molecule has 1 aliphatic rings. The van der Waals surface area contributed by atoms with Gasteiger partial charge in [-0.2, -0.15) is 0 Å². The van der Waals surface area contributed by atoms with E-state index in [1.54, 1.807) is 0 Å². The van der Waals surface area contributed by atoms with Gasteiger partial charge in [0.1, 0.15) is 0 Å². The van der Waals surface area contributed by atoms with Gasteiger partial charge < -0.3 is 4.90 Å². The summed E-state index contributed by atoms with van der Waals surface area (Å²) in [5.74, 6) is 0. The highest BCUT2D eigenvalue weighted by Crippen LogP contribution is 2.58. The Hall–Kier alpha value is -8.26. The summed E-state index contributed by atoms with van der Waals surface area (Å²) < 4.78 is 0. The molecule has 0 saturated carbocycles. The molecule has 0 fully saturated rings. The maximum atomic E-state index is 2.53. The van der Waals surface area contributed by atoms with Crippen LogP contribution in [0.25, 0.3) is 77.2 Å². The summed E-state index contributed by atoms with van der Waals surface area (Å²) in [6.07, 6.45) is 0. The SMILES string of the molecule is CC1(c2ccccc2)c2ccccc2-c2c(N(c3ccccc3-c3ccc(-c4ccc5ccccc5c4)cc3)c3ccccc3-c3ccc(-c4ccc5ccccc5c4)cc3)cccc21. The van der Waals surface area contributed by atoms with Crippen molar-refractivity contribution >= 4 is 38.6 Å². The maximum Gasteiger partial charge on any atom is 0.0543 e. The monoisotopic (exact) mass is 827 g/mol. The molecule has 0 aromatic heterocycles. The van der Waals surface area contributed by atoms with E-state index >= 15 is 0 Å². The van der Waals surface area contributed by atoms with Crippen molar-refractivity contribution in [3.63, 3.8) is 0 Å². The van der Waals surface area contributed by atoms with Crippen molar-refractivity contribution in [2.75, 3.05) is 4.90 Å².